The lowest BCUT2D eigenvalue weighted by molar-refractivity contribution is -0.138. The second kappa shape index (κ2) is 7.47. The molecule has 1 saturated heterocycles. The van der Waals surface area contributed by atoms with Gasteiger partial charge in [0.05, 0.1) is 24.8 Å². The van der Waals surface area contributed by atoms with Gasteiger partial charge in [0.2, 0.25) is 0 Å². The topological polar surface area (TPSA) is 70.1 Å². The Morgan fingerprint density at radius 3 is 2.83 bits per heavy atom. The lowest BCUT2D eigenvalue weighted by Gasteiger charge is -2.34. The first-order valence-electron chi connectivity index (χ1n) is 7.13. The first kappa shape index (κ1) is 17.3. The summed E-state index contributed by atoms with van der Waals surface area (Å²) in [5.41, 5.74) is -0.189. The number of carbonyl (C=O) groups is 2. The molecule has 0 aliphatic carbocycles. The molecule has 6 nitrogen and oxygen atoms in total. The van der Waals surface area contributed by atoms with E-state index in [-0.39, 0.29) is 31.4 Å². The average molecular weight is 328 g/mol. The van der Waals surface area contributed by atoms with E-state index in [0.717, 1.165) is 12.1 Å². The number of amides is 1. The van der Waals surface area contributed by atoms with Crippen LogP contribution in [0.2, 0.25) is 0 Å². The van der Waals surface area contributed by atoms with E-state index < -0.39 is 23.5 Å². The maximum absolute atomic E-state index is 13.7. The van der Waals surface area contributed by atoms with Crippen LogP contribution >= 0.6 is 0 Å². The van der Waals surface area contributed by atoms with Crippen LogP contribution in [0, 0.1) is 11.6 Å². The highest BCUT2D eigenvalue weighted by Crippen LogP contribution is 2.15. The number of ether oxygens (including phenoxy) is 1. The normalized spacial score (nSPS) is 18.3. The van der Waals surface area contributed by atoms with E-state index in [1.807, 2.05) is 0 Å². The van der Waals surface area contributed by atoms with Gasteiger partial charge in [-0.25, -0.2) is 8.78 Å². The van der Waals surface area contributed by atoms with Gasteiger partial charge in [-0.1, -0.05) is 0 Å². The molecule has 1 N–H and O–H groups in total. The van der Waals surface area contributed by atoms with Crippen molar-refractivity contribution in [2.24, 2.45) is 0 Å². The molecule has 1 atom stereocenters. The second-order valence-electron chi connectivity index (χ2n) is 5.46. The number of carbonyl (C=O) groups excluding carboxylic acids is 1. The minimum atomic E-state index is -0.954. The van der Waals surface area contributed by atoms with Gasteiger partial charge in [0.25, 0.3) is 5.91 Å². The Hall–Kier alpha value is -2.06. The largest absolute Gasteiger partial charge is 0.480 e. The standard InChI is InChI=1S/C15H18F2N2O4/c1-18(9-14(20)21)7-11-8-19(4-5-23-11)15(22)12-3-2-10(16)6-13(12)17/h2-3,6,11H,4-5,7-9H2,1H3,(H,20,21). The van der Waals surface area contributed by atoms with Gasteiger partial charge in [0.15, 0.2) is 0 Å². The van der Waals surface area contributed by atoms with Gasteiger partial charge in [-0.2, -0.15) is 0 Å². The first-order valence-corrected chi connectivity index (χ1v) is 7.13. The van der Waals surface area contributed by atoms with Gasteiger partial charge in [-0.15, -0.1) is 0 Å². The van der Waals surface area contributed by atoms with Crippen molar-refractivity contribution in [2.75, 3.05) is 39.8 Å². The van der Waals surface area contributed by atoms with Gasteiger partial charge in [0, 0.05) is 25.7 Å². The molecule has 0 aromatic heterocycles. The molecule has 1 heterocycles. The highest BCUT2D eigenvalue weighted by Gasteiger charge is 2.27. The maximum atomic E-state index is 13.7. The zero-order valence-corrected chi connectivity index (χ0v) is 12.7. The fourth-order valence-corrected chi connectivity index (χ4v) is 2.49. The maximum Gasteiger partial charge on any atom is 0.317 e. The van der Waals surface area contributed by atoms with E-state index in [9.17, 15) is 18.4 Å². The number of likely N-dealkylation sites (N-methyl/N-ethyl adjacent to an activating group) is 1. The fraction of sp³-hybridized carbons (Fsp3) is 0.467. The number of nitrogens with zero attached hydrogens (tertiary/aromatic N) is 2. The van der Waals surface area contributed by atoms with Crippen LogP contribution < -0.4 is 0 Å². The van der Waals surface area contributed by atoms with Crippen molar-refractivity contribution in [3.8, 4) is 0 Å². The van der Waals surface area contributed by atoms with Crippen LogP contribution in [-0.2, 0) is 9.53 Å². The molecule has 0 spiro atoms. The molecule has 1 aromatic carbocycles. The van der Waals surface area contributed by atoms with Crippen LogP contribution in [-0.4, -0.2) is 72.7 Å². The average Bonchev–Trinajstić information content (AvgIpc) is 2.46. The van der Waals surface area contributed by atoms with E-state index >= 15 is 0 Å². The predicted molar refractivity (Wildman–Crippen MR) is 77.1 cm³/mol. The molecule has 1 aromatic rings. The predicted octanol–water partition coefficient (Wildman–Crippen LogP) is 0.822. The Balaban J connectivity index is 2.00. The fourth-order valence-electron chi connectivity index (χ4n) is 2.49. The van der Waals surface area contributed by atoms with E-state index in [1.165, 1.54) is 4.90 Å². The molecule has 1 unspecified atom stereocenters. The second-order valence-corrected chi connectivity index (χ2v) is 5.46. The van der Waals surface area contributed by atoms with E-state index in [0.29, 0.717) is 19.2 Å². The van der Waals surface area contributed by atoms with Crippen LogP contribution in [0.5, 0.6) is 0 Å². The van der Waals surface area contributed by atoms with E-state index in [1.54, 1.807) is 11.9 Å². The molecule has 8 heteroatoms. The smallest absolute Gasteiger partial charge is 0.317 e. The molecule has 1 aliphatic rings. The molecule has 0 bridgehead atoms. The third-order valence-electron chi connectivity index (χ3n) is 3.51. The summed E-state index contributed by atoms with van der Waals surface area (Å²) in [5, 5.41) is 8.74. The minimum Gasteiger partial charge on any atom is -0.480 e. The summed E-state index contributed by atoms with van der Waals surface area (Å²) in [7, 11) is 1.64. The van der Waals surface area contributed by atoms with Crippen LogP contribution in [0.15, 0.2) is 18.2 Å². The molecule has 1 aliphatic heterocycles. The molecular formula is C15H18F2N2O4. The van der Waals surface area contributed by atoms with Gasteiger partial charge in [0.1, 0.15) is 11.6 Å². The molecule has 23 heavy (non-hydrogen) atoms. The van der Waals surface area contributed by atoms with Crippen LogP contribution in [0.4, 0.5) is 8.78 Å². The summed E-state index contributed by atoms with van der Waals surface area (Å²) in [6, 6.07) is 2.83. The number of hydrogen-bond donors (Lipinski definition) is 1. The summed E-state index contributed by atoms with van der Waals surface area (Å²) >= 11 is 0. The molecular weight excluding hydrogens is 310 g/mol. The third-order valence-corrected chi connectivity index (χ3v) is 3.51. The first-order chi connectivity index (χ1) is 10.9. The Bertz CT molecular complexity index is 597. The Morgan fingerprint density at radius 1 is 1.43 bits per heavy atom. The number of benzene rings is 1. The van der Waals surface area contributed by atoms with Crippen molar-refractivity contribution in [3.63, 3.8) is 0 Å². The van der Waals surface area contributed by atoms with Crippen molar-refractivity contribution in [3.05, 3.63) is 35.4 Å². The number of morpholine rings is 1. The minimum absolute atomic E-state index is 0.138. The highest BCUT2D eigenvalue weighted by atomic mass is 19.1. The SMILES string of the molecule is CN(CC(=O)O)CC1CN(C(=O)c2ccc(F)cc2F)CCO1. The summed E-state index contributed by atoms with van der Waals surface area (Å²) in [5.74, 6) is -3.13. The van der Waals surface area contributed by atoms with Crippen LogP contribution in [0.3, 0.4) is 0 Å². The Morgan fingerprint density at radius 2 is 2.17 bits per heavy atom. The number of halogens is 2. The van der Waals surface area contributed by atoms with Gasteiger partial charge >= 0.3 is 5.97 Å². The molecule has 126 valence electrons. The summed E-state index contributed by atoms with van der Waals surface area (Å²) < 4.78 is 32.2. The molecule has 1 fully saturated rings. The molecule has 1 amide bonds. The van der Waals surface area contributed by atoms with E-state index in [2.05, 4.69) is 0 Å². The van der Waals surface area contributed by atoms with Crippen LogP contribution in [0.25, 0.3) is 0 Å². The lowest BCUT2D eigenvalue weighted by Crippen LogP contribution is -2.49. The number of rotatable bonds is 5. The van der Waals surface area contributed by atoms with Crippen LogP contribution in [0.1, 0.15) is 10.4 Å². The Labute approximate surface area is 132 Å². The molecule has 2 rings (SSSR count). The van der Waals surface area contributed by atoms with Crippen molar-refractivity contribution in [1.29, 1.82) is 0 Å². The van der Waals surface area contributed by atoms with Crippen molar-refractivity contribution < 1.29 is 28.2 Å². The van der Waals surface area contributed by atoms with Gasteiger partial charge in [-0.3, -0.25) is 14.5 Å². The molecule has 0 radical (unpaired) electrons. The summed E-state index contributed by atoms with van der Waals surface area (Å²) in [4.78, 5) is 26.0. The molecule has 0 saturated carbocycles. The number of aliphatic carboxylic acids is 1. The zero-order chi connectivity index (χ0) is 17.0. The summed E-state index contributed by atoms with van der Waals surface area (Å²) in [6.07, 6.45) is -0.361. The zero-order valence-electron chi connectivity index (χ0n) is 12.7. The number of carboxylic acid groups (broad SMARTS) is 1. The van der Waals surface area contributed by atoms with Gasteiger partial charge < -0.3 is 14.7 Å². The quantitative estimate of drug-likeness (QED) is 0.867. The third kappa shape index (κ3) is 4.70. The number of hydrogen-bond acceptors (Lipinski definition) is 4. The highest BCUT2D eigenvalue weighted by molar-refractivity contribution is 5.94. The van der Waals surface area contributed by atoms with E-state index in [4.69, 9.17) is 9.84 Å². The monoisotopic (exact) mass is 328 g/mol. The Kier molecular flexibility index (Phi) is 5.62. The van der Waals surface area contributed by atoms with Gasteiger partial charge in [-0.05, 0) is 19.2 Å². The summed E-state index contributed by atoms with van der Waals surface area (Å²) in [6.45, 7) is 0.997. The van der Waals surface area contributed by atoms with Crippen molar-refractivity contribution >= 4 is 11.9 Å². The van der Waals surface area contributed by atoms with Crippen molar-refractivity contribution in [2.45, 2.75) is 6.10 Å². The lowest BCUT2D eigenvalue weighted by atomic mass is 10.1. The number of carboxylic acids is 1. The van der Waals surface area contributed by atoms with Crippen molar-refractivity contribution in [1.82, 2.24) is 9.80 Å².